The van der Waals surface area contributed by atoms with Gasteiger partial charge in [-0.15, -0.1) is 0 Å². The van der Waals surface area contributed by atoms with Crippen LogP contribution in [0.4, 0.5) is 0 Å². The predicted molar refractivity (Wildman–Crippen MR) is 71.4 cm³/mol. The Bertz CT molecular complexity index is 209. The van der Waals surface area contributed by atoms with E-state index >= 15 is 0 Å². The van der Waals surface area contributed by atoms with Gasteiger partial charge < -0.3 is 4.90 Å². The van der Waals surface area contributed by atoms with Gasteiger partial charge in [-0.05, 0) is 33.5 Å². The SMILES string of the molecule is CCCC(C(=O)NN)N(CCC)CCN(C)C. The van der Waals surface area contributed by atoms with E-state index in [1.165, 1.54) is 0 Å². The maximum atomic E-state index is 11.8. The van der Waals surface area contributed by atoms with Crippen molar-refractivity contribution >= 4 is 5.91 Å². The molecule has 1 amide bonds. The lowest BCUT2D eigenvalue weighted by atomic mass is 10.1. The van der Waals surface area contributed by atoms with Crippen molar-refractivity contribution in [1.29, 1.82) is 0 Å². The molecule has 102 valence electrons. The Morgan fingerprint density at radius 2 is 1.82 bits per heavy atom. The van der Waals surface area contributed by atoms with Gasteiger partial charge in [0.25, 0.3) is 5.91 Å². The highest BCUT2D eigenvalue weighted by Gasteiger charge is 2.23. The van der Waals surface area contributed by atoms with Crippen molar-refractivity contribution in [3.8, 4) is 0 Å². The Morgan fingerprint density at radius 1 is 1.18 bits per heavy atom. The molecule has 0 spiro atoms. The first-order valence-electron chi connectivity index (χ1n) is 6.46. The zero-order chi connectivity index (χ0) is 13.3. The highest BCUT2D eigenvalue weighted by molar-refractivity contribution is 5.81. The van der Waals surface area contributed by atoms with Crippen LogP contribution >= 0.6 is 0 Å². The van der Waals surface area contributed by atoms with Crippen molar-refractivity contribution in [3.05, 3.63) is 0 Å². The molecule has 3 N–H and O–H groups in total. The van der Waals surface area contributed by atoms with E-state index in [9.17, 15) is 4.79 Å². The van der Waals surface area contributed by atoms with Crippen LogP contribution in [-0.4, -0.2) is 55.5 Å². The Labute approximate surface area is 105 Å². The minimum atomic E-state index is -0.0927. The molecule has 1 atom stereocenters. The van der Waals surface area contributed by atoms with Gasteiger partial charge in [0.2, 0.25) is 0 Å². The number of hydrogen-bond donors (Lipinski definition) is 2. The number of likely N-dealkylation sites (N-methyl/N-ethyl adjacent to an activating group) is 1. The van der Waals surface area contributed by atoms with Crippen LogP contribution in [-0.2, 0) is 4.79 Å². The largest absolute Gasteiger partial charge is 0.308 e. The molecule has 5 nitrogen and oxygen atoms in total. The number of hydrazine groups is 1. The van der Waals surface area contributed by atoms with Gasteiger partial charge in [0.15, 0.2) is 0 Å². The molecule has 0 aromatic carbocycles. The van der Waals surface area contributed by atoms with Gasteiger partial charge in [0, 0.05) is 13.1 Å². The predicted octanol–water partition coefficient (Wildman–Crippen LogP) is 0.419. The highest BCUT2D eigenvalue weighted by Crippen LogP contribution is 2.08. The molecule has 5 heteroatoms. The summed E-state index contributed by atoms with van der Waals surface area (Å²) in [7, 11) is 4.09. The van der Waals surface area contributed by atoms with Gasteiger partial charge >= 0.3 is 0 Å². The van der Waals surface area contributed by atoms with E-state index in [2.05, 4.69) is 29.1 Å². The summed E-state index contributed by atoms with van der Waals surface area (Å²) in [6, 6.07) is -0.0927. The lowest BCUT2D eigenvalue weighted by molar-refractivity contribution is -0.127. The Kier molecular flexibility index (Phi) is 9.03. The summed E-state index contributed by atoms with van der Waals surface area (Å²) in [5, 5.41) is 0. The van der Waals surface area contributed by atoms with Gasteiger partial charge in [-0.2, -0.15) is 0 Å². The molecule has 0 saturated heterocycles. The second-order valence-corrected chi connectivity index (χ2v) is 4.65. The zero-order valence-electron chi connectivity index (χ0n) is 11.7. The molecular weight excluding hydrogens is 216 g/mol. The first-order valence-corrected chi connectivity index (χ1v) is 6.46. The molecule has 0 bridgehead atoms. The number of rotatable bonds is 9. The molecule has 0 aromatic heterocycles. The van der Waals surface area contributed by atoms with Crippen molar-refractivity contribution in [2.45, 2.75) is 39.2 Å². The molecule has 0 aliphatic heterocycles. The number of nitrogens with one attached hydrogen (secondary N) is 1. The Hall–Kier alpha value is -0.650. The van der Waals surface area contributed by atoms with E-state index in [-0.39, 0.29) is 11.9 Å². The average molecular weight is 244 g/mol. The molecule has 17 heavy (non-hydrogen) atoms. The lowest BCUT2D eigenvalue weighted by Crippen LogP contribution is -2.50. The maximum absolute atomic E-state index is 11.8. The molecule has 0 saturated carbocycles. The fraction of sp³-hybridized carbons (Fsp3) is 0.917. The Balaban J connectivity index is 4.51. The van der Waals surface area contributed by atoms with E-state index in [0.717, 1.165) is 38.9 Å². The highest BCUT2D eigenvalue weighted by atomic mass is 16.2. The second kappa shape index (κ2) is 9.39. The molecule has 0 heterocycles. The summed E-state index contributed by atoms with van der Waals surface area (Å²) < 4.78 is 0. The third kappa shape index (κ3) is 6.61. The van der Waals surface area contributed by atoms with Crippen LogP contribution in [0.3, 0.4) is 0 Å². The summed E-state index contributed by atoms with van der Waals surface area (Å²) in [6.45, 7) is 7.02. The van der Waals surface area contributed by atoms with E-state index < -0.39 is 0 Å². The van der Waals surface area contributed by atoms with Crippen LogP contribution in [0.1, 0.15) is 33.1 Å². The number of amides is 1. The summed E-state index contributed by atoms with van der Waals surface area (Å²) in [4.78, 5) is 16.1. The van der Waals surface area contributed by atoms with Crippen molar-refractivity contribution in [2.24, 2.45) is 5.84 Å². The van der Waals surface area contributed by atoms with Crippen LogP contribution in [0.2, 0.25) is 0 Å². The second-order valence-electron chi connectivity index (χ2n) is 4.65. The van der Waals surface area contributed by atoms with Crippen LogP contribution < -0.4 is 11.3 Å². The van der Waals surface area contributed by atoms with E-state index in [1.807, 2.05) is 14.1 Å². The van der Waals surface area contributed by atoms with Crippen molar-refractivity contribution in [3.63, 3.8) is 0 Å². The molecule has 0 fully saturated rings. The fourth-order valence-corrected chi connectivity index (χ4v) is 1.89. The normalized spacial score (nSPS) is 13.1. The van der Waals surface area contributed by atoms with Gasteiger partial charge in [-0.1, -0.05) is 20.3 Å². The summed E-state index contributed by atoms with van der Waals surface area (Å²) in [5.41, 5.74) is 2.28. The molecule has 0 radical (unpaired) electrons. The smallest absolute Gasteiger partial charge is 0.251 e. The number of nitrogens with zero attached hydrogens (tertiary/aromatic N) is 2. The topological polar surface area (TPSA) is 61.6 Å². The van der Waals surface area contributed by atoms with Crippen LogP contribution in [0.5, 0.6) is 0 Å². The van der Waals surface area contributed by atoms with Crippen molar-refractivity contribution < 1.29 is 4.79 Å². The molecule has 0 aliphatic rings. The van der Waals surface area contributed by atoms with E-state index in [1.54, 1.807) is 0 Å². The van der Waals surface area contributed by atoms with E-state index in [0.29, 0.717) is 0 Å². The average Bonchev–Trinajstić information content (AvgIpc) is 2.30. The number of carbonyl (C=O) groups excluding carboxylic acids is 1. The standard InChI is InChI=1S/C12H28N4O/c1-5-7-11(12(17)14-13)16(8-6-2)10-9-15(3)4/h11H,5-10,13H2,1-4H3,(H,14,17). The number of nitrogens with two attached hydrogens (primary N) is 1. The van der Waals surface area contributed by atoms with E-state index in [4.69, 9.17) is 5.84 Å². The molecule has 0 aliphatic carbocycles. The number of hydrogen-bond acceptors (Lipinski definition) is 4. The number of carbonyl (C=O) groups is 1. The lowest BCUT2D eigenvalue weighted by Gasteiger charge is -2.30. The minimum Gasteiger partial charge on any atom is -0.308 e. The quantitative estimate of drug-likeness (QED) is 0.350. The van der Waals surface area contributed by atoms with Gasteiger partial charge in [-0.3, -0.25) is 15.1 Å². The zero-order valence-corrected chi connectivity index (χ0v) is 11.7. The van der Waals surface area contributed by atoms with Crippen molar-refractivity contribution in [1.82, 2.24) is 15.2 Å². The summed E-state index contributed by atoms with van der Waals surface area (Å²) in [5.74, 6) is 5.19. The first-order chi connectivity index (χ1) is 8.06. The fourth-order valence-electron chi connectivity index (χ4n) is 1.89. The third-order valence-corrected chi connectivity index (χ3v) is 2.79. The summed E-state index contributed by atoms with van der Waals surface area (Å²) in [6.07, 6.45) is 2.89. The summed E-state index contributed by atoms with van der Waals surface area (Å²) >= 11 is 0. The minimum absolute atomic E-state index is 0.0703. The Morgan fingerprint density at radius 3 is 2.24 bits per heavy atom. The molecule has 1 unspecified atom stereocenters. The van der Waals surface area contributed by atoms with Crippen LogP contribution in [0.25, 0.3) is 0 Å². The van der Waals surface area contributed by atoms with Crippen molar-refractivity contribution in [2.75, 3.05) is 33.7 Å². The monoisotopic (exact) mass is 244 g/mol. The molecular formula is C12H28N4O. The van der Waals surface area contributed by atoms with Gasteiger partial charge in [0.05, 0.1) is 6.04 Å². The van der Waals surface area contributed by atoms with Crippen LogP contribution in [0.15, 0.2) is 0 Å². The van der Waals surface area contributed by atoms with Gasteiger partial charge in [0.1, 0.15) is 0 Å². The van der Waals surface area contributed by atoms with Crippen LogP contribution in [0, 0.1) is 0 Å². The molecule has 0 aromatic rings. The third-order valence-electron chi connectivity index (χ3n) is 2.79. The van der Waals surface area contributed by atoms with Gasteiger partial charge in [-0.25, -0.2) is 5.84 Å². The molecule has 0 rings (SSSR count). The first kappa shape index (κ1) is 16.4. The maximum Gasteiger partial charge on any atom is 0.251 e.